The molecule has 0 aliphatic heterocycles. The summed E-state index contributed by atoms with van der Waals surface area (Å²) in [7, 11) is 0. The van der Waals surface area contributed by atoms with Gasteiger partial charge in [-0.3, -0.25) is 0 Å². The Kier molecular flexibility index (Phi) is 2.26. The lowest BCUT2D eigenvalue weighted by atomic mass is 10.1. The number of aryl methyl sites for hydroxylation is 1. The topological polar surface area (TPSA) is 38.4 Å². The van der Waals surface area contributed by atoms with Gasteiger partial charge in [-0.15, -0.1) is 0 Å². The van der Waals surface area contributed by atoms with Gasteiger partial charge < -0.3 is 5.84 Å². The van der Waals surface area contributed by atoms with Crippen molar-refractivity contribution in [3.05, 3.63) is 35.4 Å². The third-order valence-electron chi connectivity index (χ3n) is 1.73. The highest BCUT2D eigenvalue weighted by Gasteiger charge is 1.98. The summed E-state index contributed by atoms with van der Waals surface area (Å²) in [5.74, 6) is 5.16. The SMILES string of the molecule is CC(=NN)c1ccccc1C. The molecule has 0 saturated carbocycles. The van der Waals surface area contributed by atoms with Crippen molar-refractivity contribution in [1.29, 1.82) is 0 Å². The van der Waals surface area contributed by atoms with Crippen molar-refractivity contribution in [2.45, 2.75) is 13.8 Å². The van der Waals surface area contributed by atoms with Crippen molar-refractivity contribution in [3.63, 3.8) is 0 Å². The van der Waals surface area contributed by atoms with Crippen molar-refractivity contribution in [2.75, 3.05) is 0 Å². The molecule has 1 aromatic carbocycles. The lowest BCUT2D eigenvalue weighted by molar-refractivity contribution is 1.23. The normalized spacial score (nSPS) is 11.6. The summed E-state index contributed by atoms with van der Waals surface area (Å²) < 4.78 is 0. The third kappa shape index (κ3) is 1.58. The first kappa shape index (κ1) is 7.79. The molecule has 0 saturated heterocycles. The van der Waals surface area contributed by atoms with E-state index in [1.54, 1.807) is 0 Å². The van der Waals surface area contributed by atoms with Crippen LogP contribution in [0.2, 0.25) is 0 Å². The Bertz CT molecular complexity index is 277. The number of nitrogens with two attached hydrogens (primary N) is 1. The van der Waals surface area contributed by atoms with E-state index in [4.69, 9.17) is 5.84 Å². The molecule has 2 heteroatoms. The molecule has 0 spiro atoms. The van der Waals surface area contributed by atoms with Crippen LogP contribution in [0, 0.1) is 6.92 Å². The van der Waals surface area contributed by atoms with E-state index in [0.29, 0.717) is 0 Å². The Morgan fingerprint density at radius 2 is 2.00 bits per heavy atom. The standard InChI is InChI=1S/C9H12N2/c1-7-5-3-4-6-9(7)8(2)11-10/h3-6H,10H2,1-2H3. The van der Waals surface area contributed by atoms with E-state index in [1.807, 2.05) is 38.1 Å². The summed E-state index contributed by atoms with van der Waals surface area (Å²) in [6, 6.07) is 8.05. The van der Waals surface area contributed by atoms with Crippen LogP contribution in [0.5, 0.6) is 0 Å². The predicted molar refractivity (Wildman–Crippen MR) is 47.6 cm³/mol. The second kappa shape index (κ2) is 3.19. The van der Waals surface area contributed by atoms with Crippen molar-refractivity contribution >= 4 is 5.71 Å². The van der Waals surface area contributed by atoms with Gasteiger partial charge in [-0.2, -0.15) is 5.10 Å². The van der Waals surface area contributed by atoms with E-state index in [9.17, 15) is 0 Å². The Morgan fingerprint density at radius 1 is 1.36 bits per heavy atom. The largest absolute Gasteiger partial charge is 0.323 e. The number of hydrogen-bond donors (Lipinski definition) is 1. The van der Waals surface area contributed by atoms with Crippen LogP contribution >= 0.6 is 0 Å². The second-order valence-electron chi connectivity index (χ2n) is 2.53. The fourth-order valence-corrected chi connectivity index (χ4v) is 1.05. The minimum absolute atomic E-state index is 0.878. The molecule has 0 unspecified atom stereocenters. The zero-order valence-corrected chi connectivity index (χ0v) is 6.83. The molecular weight excluding hydrogens is 136 g/mol. The fraction of sp³-hybridized carbons (Fsp3) is 0.222. The van der Waals surface area contributed by atoms with E-state index in [0.717, 1.165) is 11.3 Å². The van der Waals surface area contributed by atoms with Crippen LogP contribution in [-0.4, -0.2) is 5.71 Å². The Hall–Kier alpha value is -1.31. The minimum Gasteiger partial charge on any atom is -0.323 e. The molecule has 1 rings (SSSR count). The van der Waals surface area contributed by atoms with E-state index in [2.05, 4.69) is 5.10 Å². The van der Waals surface area contributed by atoms with Gasteiger partial charge >= 0.3 is 0 Å². The molecule has 0 aliphatic carbocycles. The predicted octanol–water partition coefficient (Wildman–Crippen LogP) is 1.68. The molecule has 0 atom stereocenters. The van der Waals surface area contributed by atoms with Crippen molar-refractivity contribution < 1.29 is 0 Å². The highest BCUT2D eigenvalue weighted by Crippen LogP contribution is 2.07. The summed E-state index contributed by atoms with van der Waals surface area (Å²) >= 11 is 0. The monoisotopic (exact) mass is 148 g/mol. The number of rotatable bonds is 1. The summed E-state index contributed by atoms with van der Waals surface area (Å²) in [5, 5.41) is 3.64. The minimum atomic E-state index is 0.878. The van der Waals surface area contributed by atoms with Crippen LogP contribution in [0.4, 0.5) is 0 Å². The molecule has 2 nitrogen and oxygen atoms in total. The van der Waals surface area contributed by atoms with E-state index in [-0.39, 0.29) is 0 Å². The van der Waals surface area contributed by atoms with Crippen LogP contribution in [0.1, 0.15) is 18.1 Å². The quantitative estimate of drug-likeness (QED) is 0.367. The molecule has 0 amide bonds. The molecular formula is C9H12N2. The molecule has 0 fully saturated rings. The van der Waals surface area contributed by atoms with E-state index in [1.165, 1.54) is 5.56 Å². The van der Waals surface area contributed by atoms with Gasteiger partial charge in [0.05, 0.1) is 5.71 Å². The van der Waals surface area contributed by atoms with Crippen LogP contribution in [0.25, 0.3) is 0 Å². The van der Waals surface area contributed by atoms with Crippen LogP contribution in [0.3, 0.4) is 0 Å². The van der Waals surface area contributed by atoms with Gasteiger partial charge in [0.2, 0.25) is 0 Å². The lowest BCUT2D eigenvalue weighted by Crippen LogP contribution is -2.00. The lowest BCUT2D eigenvalue weighted by Gasteiger charge is -2.01. The van der Waals surface area contributed by atoms with Crippen LogP contribution in [0.15, 0.2) is 29.4 Å². The molecule has 0 radical (unpaired) electrons. The number of hydrogen-bond acceptors (Lipinski definition) is 2. The molecule has 1 aromatic rings. The van der Waals surface area contributed by atoms with Gasteiger partial charge in [-0.05, 0) is 19.4 Å². The van der Waals surface area contributed by atoms with Gasteiger partial charge in [0.15, 0.2) is 0 Å². The zero-order chi connectivity index (χ0) is 8.27. The Morgan fingerprint density at radius 3 is 2.55 bits per heavy atom. The Balaban J connectivity index is 3.14. The molecule has 0 aromatic heterocycles. The van der Waals surface area contributed by atoms with Crippen molar-refractivity contribution in [1.82, 2.24) is 0 Å². The maximum Gasteiger partial charge on any atom is 0.0644 e. The number of hydrazone groups is 1. The smallest absolute Gasteiger partial charge is 0.0644 e. The van der Waals surface area contributed by atoms with Gasteiger partial charge in [-0.1, -0.05) is 24.3 Å². The van der Waals surface area contributed by atoms with Gasteiger partial charge in [-0.25, -0.2) is 0 Å². The second-order valence-corrected chi connectivity index (χ2v) is 2.53. The molecule has 0 bridgehead atoms. The average Bonchev–Trinajstić information content (AvgIpc) is 2.04. The fourth-order valence-electron chi connectivity index (χ4n) is 1.05. The van der Waals surface area contributed by atoms with Crippen LogP contribution in [-0.2, 0) is 0 Å². The van der Waals surface area contributed by atoms with Gasteiger partial charge in [0.25, 0.3) is 0 Å². The maximum atomic E-state index is 5.16. The van der Waals surface area contributed by atoms with Gasteiger partial charge in [0, 0.05) is 5.56 Å². The first-order valence-corrected chi connectivity index (χ1v) is 3.56. The highest BCUT2D eigenvalue weighted by atomic mass is 15.1. The molecule has 11 heavy (non-hydrogen) atoms. The van der Waals surface area contributed by atoms with Gasteiger partial charge in [0.1, 0.15) is 0 Å². The van der Waals surface area contributed by atoms with Crippen molar-refractivity contribution in [2.24, 2.45) is 10.9 Å². The first-order chi connectivity index (χ1) is 5.25. The molecule has 0 heterocycles. The summed E-state index contributed by atoms with van der Waals surface area (Å²) in [6.45, 7) is 3.95. The first-order valence-electron chi connectivity index (χ1n) is 3.56. The molecule has 2 N–H and O–H groups in total. The number of nitrogens with zero attached hydrogens (tertiary/aromatic N) is 1. The summed E-state index contributed by atoms with van der Waals surface area (Å²) in [5.41, 5.74) is 3.21. The van der Waals surface area contributed by atoms with E-state index < -0.39 is 0 Å². The average molecular weight is 148 g/mol. The Labute approximate surface area is 66.7 Å². The summed E-state index contributed by atoms with van der Waals surface area (Å²) in [6.07, 6.45) is 0. The highest BCUT2D eigenvalue weighted by molar-refractivity contribution is 5.99. The van der Waals surface area contributed by atoms with Crippen molar-refractivity contribution in [3.8, 4) is 0 Å². The molecule has 0 aliphatic rings. The van der Waals surface area contributed by atoms with Crippen LogP contribution < -0.4 is 5.84 Å². The molecule has 58 valence electrons. The maximum absolute atomic E-state index is 5.16. The third-order valence-corrected chi connectivity index (χ3v) is 1.73. The number of benzene rings is 1. The zero-order valence-electron chi connectivity index (χ0n) is 6.83. The van der Waals surface area contributed by atoms with E-state index >= 15 is 0 Å². The summed E-state index contributed by atoms with van der Waals surface area (Å²) in [4.78, 5) is 0.